The maximum atomic E-state index is 13.3. The minimum Gasteiger partial charge on any atom is -0.507 e. The number of methoxy groups -OCH3 is 2. The highest BCUT2D eigenvalue weighted by Gasteiger charge is 2.49. The minimum atomic E-state index is -4.99. The predicted molar refractivity (Wildman–Crippen MR) is 131 cm³/mol. The number of halogens is 5. The van der Waals surface area contributed by atoms with E-state index in [0.717, 1.165) is 17.0 Å². The number of amides is 1. The first kappa shape index (κ1) is 27.2. The van der Waals surface area contributed by atoms with Gasteiger partial charge in [-0.15, -0.1) is 13.2 Å². The average Bonchev–Trinajstić information content (AvgIpc) is 3.38. The fourth-order valence-corrected chi connectivity index (χ4v) is 4.78. The summed E-state index contributed by atoms with van der Waals surface area (Å²) >= 11 is 12.6. The van der Waals surface area contributed by atoms with E-state index in [4.69, 9.17) is 37.1 Å². The van der Waals surface area contributed by atoms with Crippen molar-refractivity contribution in [3.63, 3.8) is 0 Å². The van der Waals surface area contributed by atoms with Crippen LogP contribution in [-0.4, -0.2) is 37.4 Å². The van der Waals surface area contributed by atoms with Gasteiger partial charge in [-0.2, -0.15) is 0 Å². The van der Waals surface area contributed by atoms with Crippen LogP contribution in [0.3, 0.4) is 0 Å². The SMILES string of the molecule is COc1c(Cl)cc(/C(O)=C2\C(=O)C(=O)N(c3cccc(OC(F)(F)F)c3)C2c2ccc(C)o2)c(OC)c1Cl. The first-order chi connectivity index (χ1) is 17.9. The molecular weight excluding hydrogens is 554 g/mol. The fourth-order valence-electron chi connectivity index (χ4n) is 4.09. The van der Waals surface area contributed by atoms with Crippen LogP contribution in [0.15, 0.2) is 52.5 Å². The van der Waals surface area contributed by atoms with E-state index in [2.05, 4.69) is 4.74 Å². The van der Waals surface area contributed by atoms with E-state index in [1.54, 1.807) is 13.0 Å². The van der Waals surface area contributed by atoms with Gasteiger partial charge < -0.3 is 23.7 Å². The van der Waals surface area contributed by atoms with E-state index < -0.39 is 41.2 Å². The number of anilines is 1. The van der Waals surface area contributed by atoms with Crippen molar-refractivity contribution in [1.82, 2.24) is 0 Å². The van der Waals surface area contributed by atoms with Gasteiger partial charge in [0, 0.05) is 11.8 Å². The number of ketones is 1. The van der Waals surface area contributed by atoms with Gasteiger partial charge in [-0.3, -0.25) is 14.5 Å². The van der Waals surface area contributed by atoms with Crippen molar-refractivity contribution >= 4 is 46.3 Å². The van der Waals surface area contributed by atoms with Gasteiger partial charge in [-0.05, 0) is 37.3 Å². The minimum absolute atomic E-state index is 0.0310. The van der Waals surface area contributed by atoms with Crippen LogP contribution in [0.25, 0.3) is 5.76 Å². The van der Waals surface area contributed by atoms with Crippen molar-refractivity contribution in [2.75, 3.05) is 19.1 Å². The van der Waals surface area contributed by atoms with Gasteiger partial charge in [0.05, 0.1) is 30.4 Å². The molecule has 1 fully saturated rings. The first-order valence-corrected chi connectivity index (χ1v) is 11.5. The van der Waals surface area contributed by atoms with Gasteiger partial charge in [-0.25, -0.2) is 0 Å². The molecule has 13 heteroatoms. The Morgan fingerprint density at radius 2 is 1.74 bits per heavy atom. The smallest absolute Gasteiger partial charge is 0.507 e. The predicted octanol–water partition coefficient (Wildman–Crippen LogP) is 6.44. The first-order valence-electron chi connectivity index (χ1n) is 10.7. The van der Waals surface area contributed by atoms with Crippen LogP contribution in [0.2, 0.25) is 10.0 Å². The van der Waals surface area contributed by atoms with E-state index in [1.807, 2.05) is 0 Å². The van der Waals surface area contributed by atoms with Crippen molar-refractivity contribution in [1.29, 1.82) is 0 Å². The quantitative estimate of drug-likeness (QED) is 0.206. The molecule has 0 bridgehead atoms. The number of Topliss-reactive ketones (excluding diaryl/α,β-unsaturated/α-hetero) is 1. The second kappa shape index (κ2) is 10.1. The van der Waals surface area contributed by atoms with Gasteiger partial charge in [0.2, 0.25) is 0 Å². The van der Waals surface area contributed by atoms with Crippen LogP contribution in [0, 0.1) is 6.92 Å². The summed E-state index contributed by atoms with van der Waals surface area (Å²) in [5.41, 5.74) is -0.699. The van der Waals surface area contributed by atoms with Crippen molar-refractivity contribution in [3.8, 4) is 17.2 Å². The van der Waals surface area contributed by atoms with Crippen molar-refractivity contribution < 1.29 is 46.5 Å². The summed E-state index contributed by atoms with van der Waals surface area (Å²) in [4.78, 5) is 27.5. The van der Waals surface area contributed by atoms with Gasteiger partial charge in [0.15, 0.2) is 11.5 Å². The molecule has 1 amide bonds. The number of carbonyl (C=O) groups is 2. The molecule has 1 saturated heterocycles. The molecule has 1 aromatic heterocycles. The highest BCUT2D eigenvalue weighted by atomic mass is 35.5. The molecule has 0 spiro atoms. The lowest BCUT2D eigenvalue weighted by molar-refractivity contribution is -0.274. The Hall–Kier alpha value is -3.83. The summed E-state index contributed by atoms with van der Waals surface area (Å²) < 4.78 is 58.6. The Kier molecular flexibility index (Phi) is 7.26. The Morgan fingerprint density at radius 3 is 2.32 bits per heavy atom. The highest BCUT2D eigenvalue weighted by Crippen LogP contribution is 2.48. The number of aryl methyl sites for hydroxylation is 1. The lowest BCUT2D eigenvalue weighted by atomic mass is 9.98. The molecule has 1 N–H and O–H groups in total. The van der Waals surface area contributed by atoms with E-state index in [9.17, 15) is 27.9 Å². The number of alkyl halides is 3. The topological polar surface area (TPSA) is 98.4 Å². The van der Waals surface area contributed by atoms with Crippen LogP contribution in [0.5, 0.6) is 17.2 Å². The van der Waals surface area contributed by atoms with E-state index in [0.29, 0.717) is 5.76 Å². The number of hydrogen-bond acceptors (Lipinski definition) is 7. The zero-order chi connectivity index (χ0) is 27.9. The number of nitrogens with zero attached hydrogens (tertiary/aromatic N) is 1. The maximum Gasteiger partial charge on any atom is 0.573 e. The third kappa shape index (κ3) is 4.86. The Labute approximate surface area is 223 Å². The zero-order valence-electron chi connectivity index (χ0n) is 19.9. The third-order valence-electron chi connectivity index (χ3n) is 5.60. The normalized spacial score (nSPS) is 17.2. The zero-order valence-corrected chi connectivity index (χ0v) is 21.4. The summed E-state index contributed by atoms with van der Waals surface area (Å²) in [5, 5.41) is 11.2. The summed E-state index contributed by atoms with van der Waals surface area (Å²) in [6.45, 7) is 1.61. The molecule has 0 saturated carbocycles. The van der Waals surface area contributed by atoms with Gasteiger partial charge in [-0.1, -0.05) is 29.3 Å². The van der Waals surface area contributed by atoms with Crippen LogP contribution >= 0.6 is 23.2 Å². The van der Waals surface area contributed by atoms with Crippen LogP contribution in [-0.2, 0) is 9.59 Å². The summed E-state index contributed by atoms with van der Waals surface area (Å²) in [7, 11) is 2.57. The number of carbonyl (C=O) groups excluding carboxylic acids is 2. The molecule has 1 unspecified atom stereocenters. The van der Waals surface area contributed by atoms with E-state index >= 15 is 0 Å². The highest BCUT2D eigenvalue weighted by molar-refractivity contribution is 6.52. The summed E-state index contributed by atoms with van der Waals surface area (Å²) in [6.07, 6.45) is -4.99. The van der Waals surface area contributed by atoms with Gasteiger partial charge in [0.1, 0.15) is 34.1 Å². The lowest BCUT2D eigenvalue weighted by Crippen LogP contribution is -2.29. The van der Waals surface area contributed by atoms with Crippen LogP contribution in [0.4, 0.5) is 18.9 Å². The molecule has 1 atom stereocenters. The molecule has 2 heterocycles. The number of aliphatic hydroxyl groups is 1. The molecule has 38 heavy (non-hydrogen) atoms. The lowest BCUT2D eigenvalue weighted by Gasteiger charge is -2.24. The largest absolute Gasteiger partial charge is 0.573 e. The van der Waals surface area contributed by atoms with E-state index in [-0.39, 0.29) is 38.6 Å². The average molecular weight is 572 g/mol. The molecule has 200 valence electrons. The molecule has 0 radical (unpaired) electrons. The van der Waals surface area contributed by atoms with Gasteiger partial charge in [0.25, 0.3) is 11.7 Å². The molecule has 2 aromatic carbocycles. The Bertz CT molecular complexity index is 1470. The fraction of sp³-hybridized carbons (Fsp3) is 0.200. The van der Waals surface area contributed by atoms with Gasteiger partial charge >= 0.3 is 6.36 Å². The number of furan rings is 1. The molecule has 1 aliphatic rings. The number of hydrogen-bond donors (Lipinski definition) is 1. The van der Waals surface area contributed by atoms with Crippen molar-refractivity contribution in [2.45, 2.75) is 19.3 Å². The Balaban J connectivity index is 1.96. The standard InChI is InChI=1S/C25H18Cl2F3NO7/c1-11-7-8-16(37-11)19-17(20(32)14-10-15(26)23(36-3)18(27)22(14)35-2)21(33)24(34)31(19)12-5-4-6-13(9-12)38-25(28,29)30/h4-10,19,32H,1-3H3/b20-17+. The summed E-state index contributed by atoms with van der Waals surface area (Å²) in [5.74, 6) is -3.22. The van der Waals surface area contributed by atoms with E-state index in [1.165, 1.54) is 38.5 Å². The third-order valence-corrected chi connectivity index (χ3v) is 6.22. The molecule has 0 aliphatic carbocycles. The molecule has 3 aromatic rings. The second-order valence-electron chi connectivity index (χ2n) is 7.95. The molecule has 8 nitrogen and oxygen atoms in total. The van der Waals surface area contributed by atoms with Crippen LogP contribution < -0.4 is 19.1 Å². The van der Waals surface area contributed by atoms with Crippen LogP contribution in [0.1, 0.15) is 23.1 Å². The number of aliphatic hydroxyl groups excluding tert-OH is 1. The van der Waals surface area contributed by atoms with Crippen molar-refractivity contribution in [2.24, 2.45) is 0 Å². The van der Waals surface area contributed by atoms with Crippen molar-refractivity contribution in [3.05, 3.63) is 75.2 Å². The second-order valence-corrected chi connectivity index (χ2v) is 8.73. The number of ether oxygens (including phenoxy) is 3. The number of rotatable bonds is 6. The summed E-state index contributed by atoms with van der Waals surface area (Å²) in [6, 6.07) is 7.36. The Morgan fingerprint density at radius 1 is 1.05 bits per heavy atom. The molecule has 4 rings (SSSR count). The number of benzene rings is 2. The monoisotopic (exact) mass is 571 g/mol. The maximum absolute atomic E-state index is 13.3. The molecule has 1 aliphatic heterocycles. The molecular formula is C25H18Cl2F3NO7.